The third kappa shape index (κ3) is 3.87. The highest BCUT2D eigenvalue weighted by atomic mass is 79.9. The van der Waals surface area contributed by atoms with Gasteiger partial charge in [-0.3, -0.25) is 4.79 Å². The van der Waals surface area contributed by atoms with E-state index >= 15 is 0 Å². The third-order valence-corrected chi connectivity index (χ3v) is 4.24. The number of carbonyl (C=O) groups is 2. The number of methoxy groups -OCH3 is 1. The number of benzene rings is 1. The van der Waals surface area contributed by atoms with Gasteiger partial charge in [0, 0.05) is 23.6 Å². The van der Waals surface area contributed by atoms with E-state index in [9.17, 15) is 9.59 Å². The molecule has 1 heterocycles. The summed E-state index contributed by atoms with van der Waals surface area (Å²) in [5, 5.41) is 11.8. The summed E-state index contributed by atoms with van der Waals surface area (Å²) in [4.78, 5) is 24.7. The van der Waals surface area contributed by atoms with Gasteiger partial charge in [0.15, 0.2) is 0 Å². The van der Waals surface area contributed by atoms with Crippen LogP contribution in [0.5, 0.6) is 5.75 Å². The molecular weight excluding hydrogens is 340 g/mol. The Balaban J connectivity index is 1.98. The minimum absolute atomic E-state index is 0.229. The molecule has 0 unspecified atom stereocenters. The number of halogens is 1. The van der Waals surface area contributed by atoms with Gasteiger partial charge in [0.25, 0.3) is 0 Å². The third-order valence-electron chi connectivity index (χ3n) is 3.55. The molecule has 1 aromatic rings. The molecule has 1 aliphatic rings. The monoisotopic (exact) mass is 356 g/mol. The van der Waals surface area contributed by atoms with Crippen LogP contribution in [0.15, 0.2) is 22.7 Å². The van der Waals surface area contributed by atoms with Crippen LogP contribution < -0.4 is 10.1 Å². The second-order valence-corrected chi connectivity index (χ2v) is 5.73. The Kier molecular flexibility index (Phi) is 5.06. The summed E-state index contributed by atoms with van der Waals surface area (Å²) in [6.45, 7) is 0.898. The summed E-state index contributed by atoms with van der Waals surface area (Å²) in [6, 6.07) is 5.09. The number of anilines is 1. The molecule has 6 nitrogen and oxygen atoms in total. The van der Waals surface area contributed by atoms with Crippen molar-refractivity contribution in [2.24, 2.45) is 5.92 Å². The largest absolute Gasteiger partial charge is 0.497 e. The number of aliphatic carboxylic acids is 1. The second-order valence-electron chi connectivity index (χ2n) is 4.88. The quantitative estimate of drug-likeness (QED) is 0.872. The summed E-state index contributed by atoms with van der Waals surface area (Å²) < 4.78 is 5.89. The fourth-order valence-electron chi connectivity index (χ4n) is 2.25. The van der Waals surface area contributed by atoms with Crippen molar-refractivity contribution in [1.82, 2.24) is 4.90 Å². The molecule has 2 amide bonds. The molecule has 1 aliphatic heterocycles. The van der Waals surface area contributed by atoms with Crippen LogP contribution in [0, 0.1) is 5.92 Å². The summed E-state index contributed by atoms with van der Waals surface area (Å²) >= 11 is 3.37. The number of ether oxygens (including phenoxy) is 1. The molecule has 2 rings (SSSR count). The molecule has 114 valence electrons. The standard InChI is InChI=1S/C14H17BrN2O4/c1-21-10-2-3-11(15)12(8-10)16-14(20)17-6-4-9(5-7-17)13(18)19/h2-3,8-9H,4-7H2,1H3,(H,16,20)(H,18,19). The zero-order chi connectivity index (χ0) is 15.4. The van der Waals surface area contributed by atoms with Crippen LogP contribution in [0.4, 0.5) is 10.5 Å². The lowest BCUT2D eigenvalue weighted by molar-refractivity contribution is -0.143. The van der Waals surface area contributed by atoms with Gasteiger partial charge in [-0.15, -0.1) is 0 Å². The maximum atomic E-state index is 12.2. The lowest BCUT2D eigenvalue weighted by atomic mass is 9.97. The number of carboxylic acids is 1. The first-order valence-electron chi connectivity index (χ1n) is 6.63. The van der Waals surface area contributed by atoms with Crippen LogP contribution in [0.2, 0.25) is 0 Å². The van der Waals surface area contributed by atoms with E-state index in [0.29, 0.717) is 37.4 Å². The first-order valence-corrected chi connectivity index (χ1v) is 7.43. The number of rotatable bonds is 3. The maximum Gasteiger partial charge on any atom is 0.321 e. The predicted octanol–water partition coefficient (Wildman–Crippen LogP) is 2.79. The van der Waals surface area contributed by atoms with E-state index in [1.54, 1.807) is 30.2 Å². The molecule has 0 spiro atoms. The SMILES string of the molecule is COc1ccc(Br)c(NC(=O)N2CCC(C(=O)O)CC2)c1. The molecule has 1 aromatic carbocycles. The van der Waals surface area contributed by atoms with Gasteiger partial charge in [-0.25, -0.2) is 4.79 Å². The number of carbonyl (C=O) groups excluding carboxylic acids is 1. The number of hydrogen-bond donors (Lipinski definition) is 2. The number of carboxylic acid groups (broad SMARTS) is 1. The van der Waals surface area contributed by atoms with E-state index in [0.717, 1.165) is 4.47 Å². The van der Waals surface area contributed by atoms with Crippen molar-refractivity contribution in [3.63, 3.8) is 0 Å². The van der Waals surface area contributed by atoms with E-state index < -0.39 is 5.97 Å². The van der Waals surface area contributed by atoms with Crippen LogP contribution in [0.25, 0.3) is 0 Å². The van der Waals surface area contributed by atoms with Gasteiger partial charge >= 0.3 is 12.0 Å². The number of nitrogens with one attached hydrogen (secondary N) is 1. The van der Waals surface area contributed by atoms with Crippen LogP contribution in [-0.2, 0) is 4.79 Å². The Morgan fingerprint density at radius 2 is 2.05 bits per heavy atom. The molecule has 1 saturated heterocycles. The number of urea groups is 1. The molecule has 0 atom stereocenters. The predicted molar refractivity (Wildman–Crippen MR) is 81.6 cm³/mol. The van der Waals surface area contributed by atoms with Crippen LogP contribution in [0.1, 0.15) is 12.8 Å². The Morgan fingerprint density at radius 3 is 2.62 bits per heavy atom. The van der Waals surface area contributed by atoms with Gasteiger partial charge in [0.2, 0.25) is 0 Å². The normalized spacial score (nSPS) is 15.6. The second kappa shape index (κ2) is 6.80. The molecule has 1 fully saturated rings. The molecule has 0 saturated carbocycles. The Labute approximate surface area is 131 Å². The molecule has 21 heavy (non-hydrogen) atoms. The average molecular weight is 357 g/mol. The van der Waals surface area contributed by atoms with Gasteiger partial charge in [0.1, 0.15) is 5.75 Å². The highest BCUT2D eigenvalue weighted by Crippen LogP contribution is 2.28. The van der Waals surface area contributed by atoms with Crippen LogP contribution in [0.3, 0.4) is 0 Å². The number of hydrogen-bond acceptors (Lipinski definition) is 3. The van der Waals surface area contributed by atoms with E-state index in [1.165, 1.54) is 0 Å². The molecule has 0 aliphatic carbocycles. The van der Waals surface area contributed by atoms with Gasteiger partial charge < -0.3 is 20.1 Å². The fraction of sp³-hybridized carbons (Fsp3) is 0.429. The number of nitrogens with zero attached hydrogens (tertiary/aromatic N) is 1. The van der Waals surface area contributed by atoms with Crippen molar-refractivity contribution >= 4 is 33.6 Å². The highest BCUT2D eigenvalue weighted by Gasteiger charge is 2.27. The summed E-state index contributed by atoms with van der Waals surface area (Å²) in [5.74, 6) is -0.485. The summed E-state index contributed by atoms with van der Waals surface area (Å²) in [6.07, 6.45) is 0.976. The van der Waals surface area contributed by atoms with Gasteiger partial charge in [-0.1, -0.05) is 0 Å². The molecular formula is C14H17BrN2O4. The Bertz CT molecular complexity index is 542. The van der Waals surface area contributed by atoms with Gasteiger partial charge in [-0.05, 0) is 40.9 Å². The minimum Gasteiger partial charge on any atom is -0.497 e. The van der Waals surface area contributed by atoms with E-state index in [2.05, 4.69) is 21.2 Å². The van der Waals surface area contributed by atoms with Crippen molar-refractivity contribution in [3.8, 4) is 5.75 Å². The molecule has 7 heteroatoms. The smallest absolute Gasteiger partial charge is 0.321 e. The first kappa shape index (κ1) is 15.6. The summed E-state index contributed by atoms with van der Waals surface area (Å²) in [5.41, 5.74) is 0.625. The van der Waals surface area contributed by atoms with Crippen molar-refractivity contribution in [1.29, 1.82) is 0 Å². The molecule has 0 aromatic heterocycles. The van der Waals surface area contributed by atoms with Crippen LogP contribution >= 0.6 is 15.9 Å². The molecule has 2 N–H and O–H groups in total. The Morgan fingerprint density at radius 1 is 1.38 bits per heavy atom. The Hall–Kier alpha value is -1.76. The topological polar surface area (TPSA) is 78.9 Å². The van der Waals surface area contributed by atoms with Gasteiger partial charge in [-0.2, -0.15) is 0 Å². The van der Waals surface area contributed by atoms with Crippen molar-refractivity contribution in [2.75, 3.05) is 25.5 Å². The lowest BCUT2D eigenvalue weighted by Crippen LogP contribution is -2.42. The van der Waals surface area contributed by atoms with Crippen LogP contribution in [-0.4, -0.2) is 42.2 Å². The fourth-order valence-corrected chi connectivity index (χ4v) is 2.60. The maximum absolute atomic E-state index is 12.2. The number of piperidine rings is 1. The number of likely N-dealkylation sites (tertiary alicyclic amines) is 1. The van der Waals surface area contributed by atoms with Crippen molar-refractivity contribution in [3.05, 3.63) is 22.7 Å². The van der Waals surface area contributed by atoms with Crippen molar-refractivity contribution < 1.29 is 19.4 Å². The molecule has 0 radical (unpaired) electrons. The van der Waals surface area contributed by atoms with E-state index in [1.807, 2.05) is 0 Å². The average Bonchev–Trinajstić information content (AvgIpc) is 2.49. The zero-order valence-corrected chi connectivity index (χ0v) is 13.2. The van der Waals surface area contributed by atoms with Crippen molar-refractivity contribution in [2.45, 2.75) is 12.8 Å². The minimum atomic E-state index is -0.786. The summed E-state index contributed by atoms with van der Waals surface area (Å²) in [7, 11) is 1.56. The van der Waals surface area contributed by atoms with E-state index in [4.69, 9.17) is 9.84 Å². The lowest BCUT2D eigenvalue weighted by Gasteiger charge is -2.30. The first-order chi connectivity index (χ1) is 10.0. The van der Waals surface area contributed by atoms with Gasteiger partial charge in [0.05, 0.1) is 18.7 Å². The van der Waals surface area contributed by atoms with E-state index in [-0.39, 0.29) is 11.9 Å². The highest BCUT2D eigenvalue weighted by molar-refractivity contribution is 9.10. The zero-order valence-electron chi connectivity index (χ0n) is 11.6. The number of amides is 2. The molecule has 0 bridgehead atoms.